The molecule has 0 bridgehead atoms. The first-order chi connectivity index (χ1) is 14.9. The first-order valence-corrected chi connectivity index (χ1v) is 12.4. The monoisotopic (exact) mass is 406 g/mol. The lowest BCUT2D eigenvalue weighted by atomic mass is 10.2. The van der Waals surface area contributed by atoms with Gasteiger partial charge in [-0.3, -0.25) is 0 Å². The number of hydrogen-bond acceptors (Lipinski definition) is 1. The summed E-state index contributed by atoms with van der Waals surface area (Å²) in [5.41, 5.74) is 1.11. The summed E-state index contributed by atoms with van der Waals surface area (Å²) >= 11 is 0. The maximum atomic E-state index is 6.28. The Balaban J connectivity index is 1.97. The molecule has 0 aliphatic heterocycles. The number of ether oxygens (including phenoxy) is 1. The third-order valence-corrected chi connectivity index (χ3v) is 10.6. The summed E-state index contributed by atoms with van der Waals surface area (Å²) in [6.07, 6.45) is 4.43. The molecule has 0 saturated carbocycles. The van der Waals surface area contributed by atoms with Crippen LogP contribution in [0.1, 0.15) is 5.56 Å². The molecule has 4 aromatic carbocycles. The summed E-state index contributed by atoms with van der Waals surface area (Å²) in [5.74, 6) is 0. The third-order valence-electron chi connectivity index (χ3n) is 5.63. The number of rotatable bonds is 7. The van der Waals surface area contributed by atoms with Crippen molar-refractivity contribution >= 4 is 29.7 Å². The predicted molar refractivity (Wildman–Crippen MR) is 130 cm³/mol. The third kappa shape index (κ3) is 3.93. The average Bonchev–Trinajstić information content (AvgIpc) is 2.84. The quantitative estimate of drug-likeness (QED) is 0.326. The second-order valence-electron chi connectivity index (χ2n) is 7.33. The molecule has 0 heterocycles. The molecule has 0 aliphatic carbocycles. The molecule has 0 amide bonds. The molecular weight excluding hydrogens is 380 g/mol. The van der Waals surface area contributed by atoms with Crippen LogP contribution in [0.5, 0.6) is 0 Å². The van der Waals surface area contributed by atoms with Gasteiger partial charge >= 0.3 is 0 Å². The highest BCUT2D eigenvalue weighted by atomic mass is 28.3. The number of methoxy groups -OCH3 is 1. The Morgan fingerprint density at radius 2 is 0.933 bits per heavy atom. The molecule has 1 unspecified atom stereocenters. The topological polar surface area (TPSA) is 9.23 Å². The van der Waals surface area contributed by atoms with Crippen molar-refractivity contribution in [2.45, 2.75) is 5.73 Å². The zero-order valence-corrected chi connectivity index (χ0v) is 18.2. The summed E-state index contributed by atoms with van der Waals surface area (Å²) < 4.78 is 6.28. The fourth-order valence-corrected chi connectivity index (χ4v) is 9.14. The van der Waals surface area contributed by atoms with E-state index in [0.29, 0.717) is 0 Å². The Labute approximate surface area is 180 Å². The van der Waals surface area contributed by atoms with Crippen LogP contribution in [-0.2, 0) is 4.74 Å². The summed E-state index contributed by atoms with van der Waals surface area (Å²) in [6, 6.07) is 43.0. The Morgan fingerprint density at radius 3 is 1.30 bits per heavy atom. The van der Waals surface area contributed by atoms with Crippen LogP contribution in [0.4, 0.5) is 0 Å². The first kappa shape index (κ1) is 20.1. The Hall–Kier alpha value is -3.20. The van der Waals surface area contributed by atoms with Crippen LogP contribution in [0.2, 0.25) is 0 Å². The van der Waals surface area contributed by atoms with Crippen molar-refractivity contribution in [1.29, 1.82) is 0 Å². The van der Waals surface area contributed by atoms with Crippen LogP contribution < -0.4 is 15.6 Å². The highest BCUT2D eigenvalue weighted by Gasteiger charge is 2.46. The van der Waals surface area contributed by atoms with Gasteiger partial charge in [0.1, 0.15) is 0 Å². The van der Waals surface area contributed by atoms with Crippen molar-refractivity contribution in [2.75, 3.05) is 7.11 Å². The maximum Gasteiger partial charge on any atom is 0.183 e. The lowest BCUT2D eigenvalue weighted by Crippen LogP contribution is -2.74. The van der Waals surface area contributed by atoms with Gasteiger partial charge in [0.05, 0.1) is 5.73 Å². The molecular formula is C28H26OSi. The fraction of sp³-hybridized carbons (Fsp3) is 0.0714. The maximum absolute atomic E-state index is 6.28. The summed E-state index contributed by atoms with van der Waals surface area (Å²) in [7, 11) is -0.686. The van der Waals surface area contributed by atoms with E-state index in [-0.39, 0.29) is 5.73 Å². The van der Waals surface area contributed by atoms with E-state index in [4.69, 9.17) is 4.74 Å². The zero-order valence-electron chi connectivity index (χ0n) is 17.2. The van der Waals surface area contributed by atoms with E-state index in [2.05, 4.69) is 127 Å². The summed E-state index contributed by atoms with van der Waals surface area (Å²) in [6.45, 7) is 0. The largest absolute Gasteiger partial charge is 0.380 e. The SMILES string of the molecule is COC(/C=C/c1ccccc1)[Si](c1ccccc1)(c1ccccc1)c1ccccc1. The van der Waals surface area contributed by atoms with Crippen molar-refractivity contribution in [3.05, 3.63) is 133 Å². The molecule has 1 atom stereocenters. The molecule has 0 aliphatic rings. The smallest absolute Gasteiger partial charge is 0.183 e. The van der Waals surface area contributed by atoms with E-state index >= 15 is 0 Å². The molecule has 148 valence electrons. The van der Waals surface area contributed by atoms with Gasteiger partial charge in [0.25, 0.3) is 0 Å². The minimum atomic E-state index is -2.52. The predicted octanol–water partition coefficient (Wildman–Crippen LogP) is 4.42. The minimum Gasteiger partial charge on any atom is -0.380 e. The summed E-state index contributed by atoms with van der Waals surface area (Å²) in [5, 5.41) is 4.02. The molecule has 0 N–H and O–H groups in total. The molecule has 30 heavy (non-hydrogen) atoms. The van der Waals surface area contributed by atoms with E-state index in [1.807, 2.05) is 13.2 Å². The molecule has 4 rings (SSSR count). The van der Waals surface area contributed by atoms with Gasteiger partial charge in [0.2, 0.25) is 0 Å². The lowest BCUT2D eigenvalue weighted by molar-refractivity contribution is 0.196. The Kier molecular flexibility index (Phi) is 6.38. The van der Waals surface area contributed by atoms with E-state index in [1.165, 1.54) is 21.1 Å². The molecule has 0 aromatic heterocycles. The van der Waals surface area contributed by atoms with Gasteiger partial charge < -0.3 is 4.74 Å². The molecule has 1 nitrogen and oxygen atoms in total. The van der Waals surface area contributed by atoms with Crippen molar-refractivity contribution in [2.24, 2.45) is 0 Å². The zero-order chi connectivity index (χ0) is 20.7. The van der Waals surface area contributed by atoms with Gasteiger partial charge in [-0.25, -0.2) is 0 Å². The van der Waals surface area contributed by atoms with Gasteiger partial charge in [-0.05, 0) is 21.1 Å². The standard InChI is InChI=1S/C28H26OSi/c1-29-28(23-22-24-14-6-2-7-15-24)30(25-16-8-3-9-17-25,26-18-10-4-11-19-26)27-20-12-5-13-21-27/h2-23,28H,1H3/b23-22+. The van der Waals surface area contributed by atoms with Crippen LogP contribution in [0.25, 0.3) is 6.08 Å². The van der Waals surface area contributed by atoms with Crippen LogP contribution in [0.15, 0.2) is 127 Å². The van der Waals surface area contributed by atoms with Crippen molar-refractivity contribution in [3.8, 4) is 0 Å². The van der Waals surface area contributed by atoms with E-state index < -0.39 is 8.07 Å². The van der Waals surface area contributed by atoms with Gasteiger partial charge in [-0.15, -0.1) is 0 Å². The van der Waals surface area contributed by atoms with E-state index in [0.717, 1.165) is 0 Å². The molecule has 0 spiro atoms. The van der Waals surface area contributed by atoms with Crippen LogP contribution in [0.3, 0.4) is 0 Å². The van der Waals surface area contributed by atoms with Crippen LogP contribution >= 0.6 is 0 Å². The van der Waals surface area contributed by atoms with Crippen LogP contribution in [0, 0.1) is 0 Å². The van der Waals surface area contributed by atoms with Gasteiger partial charge in [0.15, 0.2) is 8.07 Å². The normalized spacial score (nSPS) is 12.7. The molecule has 0 fully saturated rings. The first-order valence-electron chi connectivity index (χ1n) is 10.3. The fourth-order valence-electron chi connectivity index (χ4n) is 4.26. The van der Waals surface area contributed by atoms with Crippen molar-refractivity contribution in [3.63, 3.8) is 0 Å². The minimum absolute atomic E-state index is 0.0649. The van der Waals surface area contributed by atoms with E-state index in [1.54, 1.807) is 0 Å². The molecule has 2 heteroatoms. The molecule has 0 radical (unpaired) electrons. The van der Waals surface area contributed by atoms with Crippen molar-refractivity contribution in [1.82, 2.24) is 0 Å². The number of hydrogen-bond donors (Lipinski definition) is 0. The highest BCUT2D eigenvalue weighted by Crippen LogP contribution is 2.17. The van der Waals surface area contributed by atoms with Crippen molar-refractivity contribution < 1.29 is 4.74 Å². The van der Waals surface area contributed by atoms with Gasteiger partial charge in [0, 0.05) is 7.11 Å². The van der Waals surface area contributed by atoms with Crippen LogP contribution in [-0.4, -0.2) is 20.9 Å². The molecule has 4 aromatic rings. The Bertz CT molecular complexity index is 964. The summed E-state index contributed by atoms with van der Waals surface area (Å²) in [4.78, 5) is 0. The van der Waals surface area contributed by atoms with Gasteiger partial charge in [-0.2, -0.15) is 0 Å². The molecule has 0 saturated heterocycles. The second kappa shape index (κ2) is 9.53. The van der Waals surface area contributed by atoms with Gasteiger partial charge in [-0.1, -0.05) is 133 Å². The lowest BCUT2D eigenvalue weighted by Gasteiger charge is -2.38. The average molecular weight is 407 g/mol. The second-order valence-corrected chi connectivity index (χ2v) is 11.2. The number of benzene rings is 4. The Morgan fingerprint density at radius 1 is 0.567 bits per heavy atom. The van der Waals surface area contributed by atoms with E-state index in [9.17, 15) is 0 Å². The highest BCUT2D eigenvalue weighted by molar-refractivity contribution is 7.12.